The van der Waals surface area contributed by atoms with Crippen molar-refractivity contribution in [3.8, 4) is 5.75 Å². The average Bonchev–Trinajstić information content (AvgIpc) is 2.65. The van der Waals surface area contributed by atoms with Gasteiger partial charge in [-0.1, -0.05) is 12.1 Å². The van der Waals surface area contributed by atoms with Crippen LogP contribution in [0.1, 0.15) is 0 Å². The topological polar surface area (TPSA) is 45.2 Å². The molecule has 2 heterocycles. The summed E-state index contributed by atoms with van der Waals surface area (Å²) in [5.41, 5.74) is 0. The van der Waals surface area contributed by atoms with Crippen LogP contribution >= 0.6 is 0 Å². The number of morpholine rings is 1. The average molecular weight is 351 g/mol. The number of carbonyl (C=O) groups excluding carboxylic acids is 1. The van der Waals surface area contributed by atoms with Crippen molar-refractivity contribution in [2.45, 2.75) is 0 Å². The lowest BCUT2D eigenvalue weighted by molar-refractivity contribution is -0.135. The summed E-state index contributed by atoms with van der Waals surface area (Å²) in [5.74, 6) is 0.159. The predicted molar refractivity (Wildman–Crippen MR) is 92.2 cm³/mol. The van der Waals surface area contributed by atoms with Crippen LogP contribution in [0.2, 0.25) is 0 Å². The number of carbonyl (C=O) groups is 1. The molecule has 2 aliphatic heterocycles. The van der Waals surface area contributed by atoms with Crippen molar-refractivity contribution in [2.75, 3.05) is 72.2 Å². The van der Waals surface area contributed by atoms with Crippen LogP contribution in [-0.4, -0.2) is 92.8 Å². The van der Waals surface area contributed by atoms with Crippen molar-refractivity contribution in [1.29, 1.82) is 0 Å². The van der Waals surface area contributed by atoms with Gasteiger partial charge in [0.25, 0.3) is 0 Å². The van der Waals surface area contributed by atoms with Gasteiger partial charge >= 0.3 is 0 Å². The highest BCUT2D eigenvalue weighted by Crippen LogP contribution is 2.15. The third-order valence-electron chi connectivity index (χ3n) is 4.69. The first-order valence-electron chi connectivity index (χ1n) is 8.90. The molecule has 0 atom stereocenters. The van der Waals surface area contributed by atoms with Crippen LogP contribution in [0.25, 0.3) is 0 Å². The highest BCUT2D eigenvalue weighted by Gasteiger charge is 2.23. The van der Waals surface area contributed by atoms with Crippen LogP contribution in [-0.2, 0) is 9.53 Å². The maximum Gasteiger partial charge on any atom is 0.236 e. The number of amides is 1. The van der Waals surface area contributed by atoms with Crippen molar-refractivity contribution >= 4 is 5.91 Å². The quantitative estimate of drug-likeness (QED) is 0.754. The molecule has 0 spiro atoms. The fourth-order valence-corrected chi connectivity index (χ4v) is 3.12. The Morgan fingerprint density at radius 2 is 1.76 bits per heavy atom. The number of hydrogen-bond acceptors (Lipinski definition) is 5. The highest BCUT2D eigenvalue weighted by molar-refractivity contribution is 5.78. The van der Waals surface area contributed by atoms with Crippen LogP contribution in [0.15, 0.2) is 24.3 Å². The molecule has 138 valence electrons. The third kappa shape index (κ3) is 5.39. The van der Waals surface area contributed by atoms with E-state index in [1.54, 1.807) is 18.2 Å². The molecule has 0 bridgehead atoms. The second-order valence-electron chi connectivity index (χ2n) is 6.39. The molecule has 2 fully saturated rings. The summed E-state index contributed by atoms with van der Waals surface area (Å²) in [7, 11) is 0. The maximum absolute atomic E-state index is 13.5. The highest BCUT2D eigenvalue weighted by atomic mass is 19.1. The fourth-order valence-electron chi connectivity index (χ4n) is 3.12. The number of ether oxygens (including phenoxy) is 2. The van der Waals surface area contributed by atoms with Crippen LogP contribution in [0.4, 0.5) is 4.39 Å². The molecule has 25 heavy (non-hydrogen) atoms. The first kappa shape index (κ1) is 18.1. The number of nitrogens with zero attached hydrogens (tertiary/aromatic N) is 3. The van der Waals surface area contributed by atoms with Crippen molar-refractivity contribution in [2.24, 2.45) is 0 Å². The Kier molecular flexibility index (Phi) is 6.61. The number of para-hydroxylation sites is 1. The van der Waals surface area contributed by atoms with E-state index in [9.17, 15) is 9.18 Å². The van der Waals surface area contributed by atoms with Crippen LogP contribution in [0.3, 0.4) is 0 Å². The molecule has 0 N–H and O–H groups in total. The summed E-state index contributed by atoms with van der Waals surface area (Å²) in [4.78, 5) is 18.7. The molecule has 1 aromatic carbocycles. The molecule has 7 heteroatoms. The van der Waals surface area contributed by atoms with Gasteiger partial charge in [0, 0.05) is 45.8 Å². The number of hydrogen-bond donors (Lipinski definition) is 0. The Morgan fingerprint density at radius 3 is 2.48 bits per heavy atom. The largest absolute Gasteiger partial charge is 0.489 e. The van der Waals surface area contributed by atoms with E-state index in [1.807, 2.05) is 4.90 Å². The zero-order valence-corrected chi connectivity index (χ0v) is 14.5. The summed E-state index contributed by atoms with van der Waals surface area (Å²) in [5, 5.41) is 0. The SMILES string of the molecule is O=C(CN1CCOCC1)N1CCN(CCOc2ccccc2F)CC1. The van der Waals surface area contributed by atoms with E-state index in [1.165, 1.54) is 6.07 Å². The minimum Gasteiger partial charge on any atom is -0.489 e. The van der Waals surface area contributed by atoms with E-state index >= 15 is 0 Å². The van der Waals surface area contributed by atoms with E-state index in [0.29, 0.717) is 32.1 Å². The number of piperazine rings is 1. The first-order chi connectivity index (χ1) is 12.2. The molecule has 1 amide bonds. The normalized spacial score (nSPS) is 19.8. The molecule has 0 radical (unpaired) electrons. The maximum atomic E-state index is 13.5. The van der Waals surface area contributed by atoms with Gasteiger partial charge in [-0.3, -0.25) is 14.6 Å². The number of benzene rings is 1. The summed E-state index contributed by atoms with van der Waals surface area (Å²) in [6.07, 6.45) is 0. The molecule has 0 unspecified atom stereocenters. The van der Waals surface area contributed by atoms with Crippen molar-refractivity contribution < 1.29 is 18.7 Å². The third-order valence-corrected chi connectivity index (χ3v) is 4.69. The fraction of sp³-hybridized carbons (Fsp3) is 0.611. The van der Waals surface area contributed by atoms with Gasteiger partial charge in [-0.05, 0) is 12.1 Å². The van der Waals surface area contributed by atoms with Gasteiger partial charge in [0.2, 0.25) is 5.91 Å². The predicted octanol–water partition coefficient (Wildman–Crippen LogP) is 0.681. The molecule has 1 aromatic rings. The second kappa shape index (κ2) is 9.12. The molecular formula is C18H26FN3O3. The molecule has 0 aromatic heterocycles. The lowest BCUT2D eigenvalue weighted by atomic mass is 10.3. The number of rotatable bonds is 6. The second-order valence-corrected chi connectivity index (χ2v) is 6.39. The molecule has 0 saturated carbocycles. The number of halogens is 1. The summed E-state index contributed by atoms with van der Waals surface area (Å²) >= 11 is 0. The zero-order chi connectivity index (χ0) is 17.5. The van der Waals surface area contributed by atoms with Crippen LogP contribution < -0.4 is 4.74 Å². The Labute approximate surface area is 148 Å². The van der Waals surface area contributed by atoms with Gasteiger partial charge < -0.3 is 14.4 Å². The van der Waals surface area contributed by atoms with Crippen molar-refractivity contribution in [3.63, 3.8) is 0 Å². The Balaban J connectivity index is 1.34. The van der Waals surface area contributed by atoms with Crippen LogP contribution in [0.5, 0.6) is 5.75 Å². The summed E-state index contributed by atoms with van der Waals surface area (Å²) in [6.45, 7) is 7.89. The lowest BCUT2D eigenvalue weighted by Gasteiger charge is -2.36. The molecule has 6 nitrogen and oxygen atoms in total. The van der Waals surface area contributed by atoms with E-state index < -0.39 is 0 Å². The standard InChI is InChI=1S/C18H26FN3O3/c19-16-3-1-2-4-17(16)25-14-11-20-5-7-22(8-6-20)18(23)15-21-9-12-24-13-10-21/h1-4H,5-15H2. The van der Waals surface area contributed by atoms with Gasteiger partial charge in [-0.2, -0.15) is 0 Å². The molecule has 2 saturated heterocycles. The van der Waals surface area contributed by atoms with Crippen molar-refractivity contribution in [1.82, 2.24) is 14.7 Å². The van der Waals surface area contributed by atoms with E-state index in [4.69, 9.17) is 9.47 Å². The monoisotopic (exact) mass is 351 g/mol. The van der Waals surface area contributed by atoms with E-state index in [0.717, 1.165) is 45.8 Å². The minimum absolute atomic E-state index is 0.198. The summed E-state index contributed by atoms with van der Waals surface area (Å²) in [6, 6.07) is 6.44. The van der Waals surface area contributed by atoms with Gasteiger partial charge in [-0.15, -0.1) is 0 Å². The Morgan fingerprint density at radius 1 is 1.04 bits per heavy atom. The van der Waals surface area contributed by atoms with Crippen LogP contribution in [0, 0.1) is 5.82 Å². The lowest BCUT2D eigenvalue weighted by Crippen LogP contribution is -2.52. The van der Waals surface area contributed by atoms with E-state index in [2.05, 4.69) is 9.80 Å². The minimum atomic E-state index is -0.332. The van der Waals surface area contributed by atoms with Crippen molar-refractivity contribution in [3.05, 3.63) is 30.1 Å². The van der Waals surface area contributed by atoms with E-state index in [-0.39, 0.29) is 11.7 Å². The molecule has 2 aliphatic rings. The Hall–Kier alpha value is -1.70. The molecule has 3 rings (SSSR count). The van der Waals surface area contributed by atoms with Gasteiger partial charge in [0.1, 0.15) is 6.61 Å². The first-order valence-corrected chi connectivity index (χ1v) is 8.90. The molecular weight excluding hydrogens is 325 g/mol. The smallest absolute Gasteiger partial charge is 0.236 e. The molecule has 0 aliphatic carbocycles. The van der Waals surface area contributed by atoms with Gasteiger partial charge in [0.05, 0.1) is 19.8 Å². The summed E-state index contributed by atoms with van der Waals surface area (Å²) < 4.78 is 24.3. The zero-order valence-electron chi connectivity index (χ0n) is 14.5. The van der Waals surface area contributed by atoms with Gasteiger partial charge in [0.15, 0.2) is 11.6 Å². The van der Waals surface area contributed by atoms with Gasteiger partial charge in [-0.25, -0.2) is 4.39 Å². The Bertz CT molecular complexity index is 558.